The lowest BCUT2D eigenvalue weighted by Crippen LogP contribution is -2.21. The Morgan fingerprint density at radius 1 is 1.46 bits per heavy atom. The van der Waals surface area contributed by atoms with Gasteiger partial charge in [-0.2, -0.15) is 0 Å². The van der Waals surface area contributed by atoms with Crippen LogP contribution in [0.15, 0.2) is 24.3 Å². The third kappa shape index (κ3) is 1.49. The zero-order valence-corrected chi connectivity index (χ0v) is 7.58. The summed E-state index contributed by atoms with van der Waals surface area (Å²) in [6.45, 7) is 1.94. The number of hydrogen-bond donors (Lipinski definition) is 1. The number of ketones is 1. The molecule has 1 aliphatic rings. The molecule has 0 aliphatic heterocycles. The van der Waals surface area contributed by atoms with Gasteiger partial charge in [-0.1, -0.05) is 23.8 Å². The molecule has 0 saturated heterocycles. The van der Waals surface area contributed by atoms with Crippen LogP contribution in [0, 0.1) is 6.92 Å². The van der Waals surface area contributed by atoms with E-state index >= 15 is 0 Å². The lowest BCUT2D eigenvalue weighted by molar-refractivity contribution is 0.0690. The quantitative estimate of drug-likeness (QED) is 0.696. The van der Waals surface area contributed by atoms with E-state index in [2.05, 4.69) is 0 Å². The van der Waals surface area contributed by atoms with Crippen molar-refractivity contribution in [2.75, 3.05) is 0 Å². The highest BCUT2D eigenvalue weighted by molar-refractivity contribution is 6.04. The predicted octanol–water partition coefficient (Wildman–Crippen LogP) is 1.70. The number of rotatable bonds is 2. The zero-order chi connectivity index (χ0) is 9.47. The molecule has 1 N–H and O–H groups in total. The maximum absolute atomic E-state index is 11.6. The van der Waals surface area contributed by atoms with E-state index in [1.807, 2.05) is 25.1 Å². The van der Waals surface area contributed by atoms with Crippen molar-refractivity contribution < 1.29 is 9.90 Å². The number of aryl methyl sites for hydroxylation is 1. The molecular formula is C11H12O2. The summed E-state index contributed by atoms with van der Waals surface area (Å²) in [4.78, 5) is 11.6. The Morgan fingerprint density at radius 2 is 2.15 bits per heavy atom. The second-order valence-electron chi connectivity index (χ2n) is 3.73. The van der Waals surface area contributed by atoms with Crippen LogP contribution >= 0.6 is 0 Å². The van der Waals surface area contributed by atoms with Crippen LogP contribution in [-0.4, -0.2) is 16.5 Å². The molecule has 2 rings (SSSR count). The Hall–Kier alpha value is -1.15. The number of Topliss-reactive ketones (excluding diaryl/α,β-unsaturated/α-hetero) is 1. The molecule has 2 heteroatoms. The summed E-state index contributed by atoms with van der Waals surface area (Å²) in [7, 11) is 0. The second-order valence-corrected chi connectivity index (χ2v) is 3.73. The number of carbonyl (C=O) groups is 1. The van der Waals surface area contributed by atoms with Crippen molar-refractivity contribution in [3.05, 3.63) is 35.4 Å². The molecule has 1 aromatic rings. The third-order valence-electron chi connectivity index (χ3n) is 2.43. The lowest BCUT2D eigenvalue weighted by atomic mass is 10.0. The monoisotopic (exact) mass is 176 g/mol. The molecule has 0 spiro atoms. The first-order chi connectivity index (χ1) is 6.12. The Kier molecular flexibility index (Phi) is 1.74. The van der Waals surface area contributed by atoms with Gasteiger partial charge in [-0.3, -0.25) is 4.79 Å². The highest BCUT2D eigenvalue weighted by Crippen LogP contribution is 2.38. The largest absolute Gasteiger partial charge is 0.382 e. The van der Waals surface area contributed by atoms with E-state index in [0.29, 0.717) is 18.4 Å². The van der Waals surface area contributed by atoms with Gasteiger partial charge in [-0.25, -0.2) is 0 Å². The fraction of sp³-hybridized carbons (Fsp3) is 0.364. The maximum Gasteiger partial charge on any atom is 0.194 e. The summed E-state index contributed by atoms with van der Waals surface area (Å²) in [6, 6.07) is 7.35. The molecule has 0 unspecified atom stereocenters. The zero-order valence-electron chi connectivity index (χ0n) is 7.58. The summed E-state index contributed by atoms with van der Waals surface area (Å²) in [6.07, 6.45) is 1.22. The fourth-order valence-corrected chi connectivity index (χ4v) is 1.40. The van der Waals surface area contributed by atoms with Crippen LogP contribution < -0.4 is 0 Å². The summed E-state index contributed by atoms with van der Waals surface area (Å²) in [5.41, 5.74) is 0.642. The van der Waals surface area contributed by atoms with Gasteiger partial charge in [0.2, 0.25) is 0 Å². The summed E-state index contributed by atoms with van der Waals surface area (Å²) in [5, 5.41) is 9.59. The third-order valence-corrected chi connectivity index (χ3v) is 2.43. The van der Waals surface area contributed by atoms with Crippen LogP contribution in [0.25, 0.3) is 0 Å². The lowest BCUT2D eigenvalue weighted by Gasteiger charge is -2.06. The van der Waals surface area contributed by atoms with E-state index in [1.54, 1.807) is 6.07 Å². The van der Waals surface area contributed by atoms with Crippen LogP contribution in [0.5, 0.6) is 0 Å². The standard InChI is InChI=1S/C11H12O2/c1-8-3-2-4-9(7-8)10(12)11(13)5-6-11/h2-4,7,13H,5-6H2,1H3. The molecule has 13 heavy (non-hydrogen) atoms. The van der Waals surface area contributed by atoms with Gasteiger partial charge < -0.3 is 5.11 Å². The Labute approximate surface area is 77.2 Å². The molecular weight excluding hydrogens is 164 g/mol. The van der Waals surface area contributed by atoms with E-state index in [0.717, 1.165) is 5.56 Å². The highest BCUT2D eigenvalue weighted by atomic mass is 16.3. The van der Waals surface area contributed by atoms with Crippen LogP contribution in [-0.2, 0) is 0 Å². The number of benzene rings is 1. The first kappa shape index (κ1) is 8.45. The summed E-state index contributed by atoms with van der Waals surface area (Å²) >= 11 is 0. The minimum absolute atomic E-state index is 0.129. The van der Waals surface area contributed by atoms with Crippen molar-refractivity contribution in [2.24, 2.45) is 0 Å². The van der Waals surface area contributed by atoms with Crippen LogP contribution in [0.1, 0.15) is 28.8 Å². The molecule has 1 fully saturated rings. The van der Waals surface area contributed by atoms with Gasteiger partial charge in [-0.05, 0) is 25.8 Å². The van der Waals surface area contributed by atoms with Gasteiger partial charge in [-0.15, -0.1) is 0 Å². The first-order valence-electron chi connectivity index (χ1n) is 4.46. The number of carbonyl (C=O) groups excluding carboxylic acids is 1. The van der Waals surface area contributed by atoms with Crippen molar-refractivity contribution >= 4 is 5.78 Å². The van der Waals surface area contributed by atoms with Crippen LogP contribution in [0.2, 0.25) is 0 Å². The number of hydrogen-bond acceptors (Lipinski definition) is 2. The molecule has 0 amide bonds. The average molecular weight is 176 g/mol. The molecule has 1 aromatic carbocycles. The normalized spacial score (nSPS) is 18.3. The predicted molar refractivity (Wildman–Crippen MR) is 49.7 cm³/mol. The first-order valence-corrected chi connectivity index (χ1v) is 4.46. The van der Waals surface area contributed by atoms with Crippen LogP contribution in [0.4, 0.5) is 0 Å². The molecule has 0 radical (unpaired) electrons. The molecule has 0 bridgehead atoms. The Bertz CT molecular complexity index is 351. The van der Waals surface area contributed by atoms with Gasteiger partial charge in [0.05, 0.1) is 0 Å². The van der Waals surface area contributed by atoms with E-state index in [4.69, 9.17) is 0 Å². The van der Waals surface area contributed by atoms with Crippen molar-refractivity contribution in [3.63, 3.8) is 0 Å². The summed E-state index contributed by atoms with van der Waals surface area (Å²) < 4.78 is 0. The molecule has 0 heterocycles. The molecule has 0 atom stereocenters. The van der Waals surface area contributed by atoms with E-state index in [9.17, 15) is 9.90 Å². The maximum atomic E-state index is 11.6. The fourth-order valence-electron chi connectivity index (χ4n) is 1.40. The van der Waals surface area contributed by atoms with Gasteiger partial charge in [0.15, 0.2) is 5.78 Å². The van der Waals surface area contributed by atoms with Gasteiger partial charge in [0.1, 0.15) is 5.60 Å². The average Bonchev–Trinajstić information content (AvgIpc) is 2.84. The SMILES string of the molecule is Cc1cccc(C(=O)C2(O)CC2)c1. The van der Waals surface area contributed by atoms with Gasteiger partial charge in [0, 0.05) is 5.56 Å². The van der Waals surface area contributed by atoms with Crippen molar-refractivity contribution in [1.82, 2.24) is 0 Å². The van der Waals surface area contributed by atoms with E-state index < -0.39 is 5.60 Å². The van der Waals surface area contributed by atoms with Gasteiger partial charge >= 0.3 is 0 Å². The van der Waals surface area contributed by atoms with Crippen molar-refractivity contribution in [1.29, 1.82) is 0 Å². The molecule has 0 aromatic heterocycles. The van der Waals surface area contributed by atoms with E-state index in [1.165, 1.54) is 0 Å². The van der Waals surface area contributed by atoms with Crippen molar-refractivity contribution in [3.8, 4) is 0 Å². The topological polar surface area (TPSA) is 37.3 Å². The molecule has 2 nitrogen and oxygen atoms in total. The Balaban J connectivity index is 2.30. The van der Waals surface area contributed by atoms with Crippen molar-refractivity contribution in [2.45, 2.75) is 25.4 Å². The number of aliphatic hydroxyl groups is 1. The highest BCUT2D eigenvalue weighted by Gasteiger charge is 2.47. The molecule has 1 aliphatic carbocycles. The van der Waals surface area contributed by atoms with Gasteiger partial charge in [0.25, 0.3) is 0 Å². The van der Waals surface area contributed by atoms with Crippen LogP contribution in [0.3, 0.4) is 0 Å². The molecule has 68 valence electrons. The summed E-state index contributed by atoms with van der Waals surface area (Å²) in [5.74, 6) is -0.129. The van der Waals surface area contributed by atoms with E-state index in [-0.39, 0.29) is 5.78 Å². The Morgan fingerprint density at radius 3 is 2.69 bits per heavy atom. The smallest absolute Gasteiger partial charge is 0.194 e. The minimum atomic E-state index is -1.03. The molecule has 1 saturated carbocycles. The minimum Gasteiger partial charge on any atom is -0.382 e. The second kappa shape index (κ2) is 2.67.